The number of benzene rings is 2. The lowest BCUT2D eigenvalue weighted by Crippen LogP contribution is -2.37. The summed E-state index contributed by atoms with van der Waals surface area (Å²) in [5.41, 5.74) is 0.835. The number of morpholine rings is 1. The lowest BCUT2D eigenvalue weighted by molar-refractivity contribution is 0.0694. The van der Waals surface area contributed by atoms with Crippen LogP contribution >= 0.6 is 0 Å². The van der Waals surface area contributed by atoms with Crippen LogP contribution in [0.2, 0.25) is 0 Å². The molecule has 2 N–H and O–H groups in total. The first kappa shape index (κ1) is 18.6. The predicted octanol–water partition coefficient (Wildman–Crippen LogP) is 2.94. The van der Waals surface area contributed by atoms with E-state index in [1.807, 2.05) is 35.2 Å². The molecule has 0 aliphatic carbocycles. The first-order valence-corrected chi connectivity index (χ1v) is 9.10. The molecule has 1 aliphatic heterocycles. The van der Waals surface area contributed by atoms with Crippen molar-refractivity contribution in [2.24, 2.45) is 0 Å². The van der Waals surface area contributed by atoms with Gasteiger partial charge in [-0.25, -0.2) is 4.79 Å². The molecule has 2 heterocycles. The average molecular weight is 393 g/mol. The zero-order chi connectivity index (χ0) is 20.1. The quantitative estimate of drug-likeness (QED) is 0.653. The molecule has 1 fully saturated rings. The number of aromatic carboxylic acids is 1. The van der Waals surface area contributed by atoms with Gasteiger partial charge in [0.25, 0.3) is 0 Å². The molecule has 4 rings (SSSR count). The summed E-state index contributed by atoms with van der Waals surface area (Å²) < 4.78 is 11.1. The molecule has 0 amide bonds. The Labute approximate surface area is 167 Å². The summed E-state index contributed by atoms with van der Waals surface area (Å²) >= 11 is 0. The number of ether oxygens (including phenoxy) is 2. The lowest BCUT2D eigenvalue weighted by atomic mass is 10.2. The monoisotopic (exact) mass is 393 g/mol. The van der Waals surface area contributed by atoms with Crippen LogP contribution in [0.15, 0.2) is 54.6 Å². The van der Waals surface area contributed by atoms with E-state index < -0.39 is 5.97 Å². The highest BCUT2D eigenvalue weighted by molar-refractivity contribution is 5.90. The molecule has 0 unspecified atom stereocenters. The number of nitrogens with one attached hydrogen (secondary N) is 1. The Morgan fingerprint density at radius 2 is 1.72 bits per heavy atom. The number of aromatic nitrogens is 3. The molecule has 0 atom stereocenters. The number of anilines is 3. The van der Waals surface area contributed by atoms with Gasteiger partial charge in [-0.05, 0) is 24.3 Å². The zero-order valence-electron chi connectivity index (χ0n) is 15.5. The molecular formula is C20H19N5O4. The van der Waals surface area contributed by atoms with Crippen molar-refractivity contribution >= 4 is 23.6 Å². The SMILES string of the molecule is O=C(O)c1ccccc1Oc1nc(Nc2ccccc2)nc(N2CCOCC2)n1. The van der Waals surface area contributed by atoms with E-state index in [9.17, 15) is 9.90 Å². The Morgan fingerprint density at radius 1 is 1.00 bits per heavy atom. The number of carboxylic acids is 1. The van der Waals surface area contributed by atoms with Crippen molar-refractivity contribution in [3.05, 3.63) is 60.2 Å². The van der Waals surface area contributed by atoms with Crippen LogP contribution in [0.1, 0.15) is 10.4 Å². The summed E-state index contributed by atoms with van der Waals surface area (Å²) in [4.78, 5) is 26.6. The highest BCUT2D eigenvalue weighted by atomic mass is 16.5. The van der Waals surface area contributed by atoms with Gasteiger partial charge in [0.15, 0.2) is 0 Å². The van der Waals surface area contributed by atoms with Gasteiger partial charge in [-0.15, -0.1) is 0 Å². The van der Waals surface area contributed by atoms with E-state index in [1.54, 1.807) is 18.2 Å². The number of hydrogen-bond donors (Lipinski definition) is 2. The number of carboxylic acid groups (broad SMARTS) is 1. The van der Waals surface area contributed by atoms with E-state index in [2.05, 4.69) is 20.3 Å². The van der Waals surface area contributed by atoms with Gasteiger partial charge in [-0.1, -0.05) is 30.3 Å². The van der Waals surface area contributed by atoms with Crippen molar-refractivity contribution < 1.29 is 19.4 Å². The summed E-state index contributed by atoms with van der Waals surface area (Å²) in [7, 11) is 0. The van der Waals surface area contributed by atoms with Crippen LogP contribution in [0.5, 0.6) is 11.8 Å². The Balaban J connectivity index is 1.68. The number of para-hydroxylation sites is 2. The number of hydrogen-bond acceptors (Lipinski definition) is 8. The van der Waals surface area contributed by atoms with Crippen molar-refractivity contribution in [3.63, 3.8) is 0 Å². The van der Waals surface area contributed by atoms with Crippen LogP contribution in [-0.2, 0) is 4.74 Å². The van der Waals surface area contributed by atoms with Crippen LogP contribution in [0, 0.1) is 0 Å². The van der Waals surface area contributed by atoms with E-state index in [-0.39, 0.29) is 17.3 Å². The first-order valence-electron chi connectivity index (χ1n) is 9.10. The Hall–Kier alpha value is -3.72. The average Bonchev–Trinajstić information content (AvgIpc) is 2.75. The molecule has 3 aromatic rings. The van der Waals surface area contributed by atoms with Crippen LogP contribution < -0.4 is 15.0 Å². The van der Waals surface area contributed by atoms with Gasteiger partial charge >= 0.3 is 12.0 Å². The van der Waals surface area contributed by atoms with Crippen LogP contribution in [0.4, 0.5) is 17.6 Å². The third kappa shape index (κ3) is 4.58. The molecule has 1 saturated heterocycles. The second kappa shape index (κ2) is 8.53. The normalized spacial score (nSPS) is 13.7. The highest BCUT2D eigenvalue weighted by Gasteiger charge is 2.19. The highest BCUT2D eigenvalue weighted by Crippen LogP contribution is 2.26. The summed E-state index contributed by atoms with van der Waals surface area (Å²) in [6, 6.07) is 15.8. The summed E-state index contributed by atoms with van der Waals surface area (Å²) in [5.74, 6) is -0.199. The number of nitrogens with zero attached hydrogens (tertiary/aromatic N) is 4. The maximum Gasteiger partial charge on any atom is 0.339 e. The molecule has 9 heteroatoms. The Morgan fingerprint density at radius 3 is 2.48 bits per heavy atom. The van der Waals surface area contributed by atoms with Gasteiger partial charge in [0.2, 0.25) is 11.9 Å². The second-order valence-electron chi connectivity index (χ2n) is 6.24. The molecule has 1 aliphatic rings. The summed E-state index contributed by atoms with van der Waals surface area (Å²) in [5, 5.41) is 12.5. The molecule has 29 heavy (non-hydrogen) atoms. The minimum Gasteiger partial charge on any atom is -0.478 e. The van der Waals surface area contributed by atoms with Gasteiger partial charge in [0.1, 0.15) is 11.3 Å². The number of carbonyl (C=O) groups is 1. The van der Waals surface area contributed by atoms with E-state index in [0.717, 1.165) is 5.69 Å². The summed E-state index contributed by atoms with van der Waals surface area (Å²) in [6.45, 7) is 2.43. The van der Waals surface area contributed by atoms with E-state index in [1.165, 1.54) is 6.07 Å². The fourth-order valence-electron chi connectivity index (χ4n) is 2.83. The zero-order valence-corrected chi connectivity index (χ0v) is 15.5. The first-order chi connectivity index (χ1) is 14.2. The van der Waals surface area contributed by atoms with Crippen LogP contribution in [0.3, 0.4) is 0 Å². The largest absolute Gasteiger partial charge is 0.478 e. The van der Waals surface area contributed by atoms with Gasteiger partial charge in [0.05, 0.1) is 13.2 Å². The van der Waals surface area contributed by atoms with Gasteiger partial charge in [0, 0.05) is 18.8 Å². The molecule has 1 aromatic heterocycles. The van der Waals surface area contributed by atoms with E-state index in [4.69, 9.17) is 9.47 Å². The maximum absolute atomic E-state index is 11.5. The fraction of sp³-hybridized carbons (Fsp3) is 0.200. The lowest BCUT2D eigenvalue weighted by Gasteiger charge is -2.27. The molecule has 0 spiro atoms. The predicted molar refractivity (Wildman–Crippen MR) is 106 cm³/mol. The maximum atomic E-state index is 11.5. The molecule has 0 saturated carbocycles. The standard InChI is InChI=1S/C20H19N5O4/c26-17(27)15-8-4-5-9-16(15)29-20-23-18(21-14-6-2-1-3-7-14)22-19(24-20)25-10-12-28-13-11-25/h1-9H,10-13H2,(H,26,27)(H,21,22,23,24). The molecular weight excluding hydrogens is 374 g/mol. The van der Waals surface area contributed by atoms with Gasteiger partial charge < -0.3 is 24.8 Å². The molecule has 0 bridgehead atoms. The Bertz CT molecular complexity index is 993. The Kier molecular flexibility index (Phi) is 5.48. The molecule has 148 valence electrons. The third-order valence-corrected chi connectivity index (χ3v) is 4.25. The molecule has 9 nitrogen and oxygen atoms in total. The minimum atomic E-state index is -1.09. The van der Waals surface area contributed by atoms with Crippen molar-refractivity contribution in [3.8, 4) is 11.8 Å². The van der Waals surface area contributed by atoms with E-state index in [0.29, 0.717) is 38.2 Å². The van der Waals surface area contributed by atoms with Gasteiger partial charge in [-0.3, -0.25) is 0 Å². The van der Waals surface area contributed by atoms with Crippen molar-refractivity contribution in [2.45, 2.75) is 0 Å². The summed E-state index contributed by atoms with van der Waals surface area (Å²) in [6.07, 6.45) is 0. The van der Waals surface area contributed by atoms with E-state index >= 15 is 0 Å². The van der Waals surface area contributed by atoms with Crippen molar-refractivity contribution in [1.29, 1.82) is 0 Å². The van der Waals surface area contributed by atoms with Crippen LogP contribution in [-0.4, -0.2) is 52.3 Å². The van der Waals surface area contributed by atoms with Crippen molar-refractivity contribution in [1.82, 2.24) is 15.0 Å². The number of rotatable bonds is 6. The second-order valence-corrected chi connectivity index (χ2v) is 6.24. The molecule has 2 aromatic carbocycles. The smallest absolute Gasteiger partial charge is 0.339 e. The fourth-order valence-corrected chi connectivity index (χ4v) is 2.83. The van der Waals surface area contributed by atoms with Crippen LogP contribution in [0.25, 0.3) is 0 Å². The third-order valence-electron chi connectivity index (χ3n) is 4.25. The van der Waals surface area contributed by atoms with Crippen molar-refractivity contribution in [2.75, 3.05) is 36.5 Å². The molecule has 0 radical (unpaired) electrons. The van der Waals surface area contributed by atoms with Gasteiger partial charge in [-0.2, -0.15) is 15.0 Å². The minimum absolute atomic E-state index is 0.00798. The topological polar surface area (TPSA) is 110 Å².